The van der Waals surface area contributed by atoms with Crippen LogP contribution < -0.4 is 10.1 Å². The fourth-order valence-electron chi connectivity index (χ4n) is 3.71. The molecule has 1 unspecified atom stereocenters. The maximum Gasteiger partial charge on any atom is 0.234 e. The molecule has 4 nitrogen and oxygen atoms in total. The average molecular weight is 360 g/mol. The molecule has 0 aliphatic carbocycles. The van der Waals surface area contributed by atoms with Gasteiger partial charge in [0.1, 0.15) is 12.4 Å². The molecule has 0 spiro atoms. The number of hydrogen-bond donors (Lipinski definition) is 1. The average Bonchev–Trinajstić information content (AvgIpc) is 2.89. The minimum atomic E-state index is -0.0425. The van der Waals surface area contributed by atoms with Crippen molar-refractivity contribution in [2.75, 3.05) is 19.7 Å². The molecular formula is C23H24N2O2. The summed E-state index contributed by atoms with van der Waals surface area (Å²) in [5.74, 6) is 0.958. The number of para-hydroxylation sites is 1. The van der Waals surface area contributed by atoms with Crippen molar-refractivity contribution in [3.05, 3.63) is 77.9 Å². The number of carbonyl (C=O) groups is 1. The molecule has 27 heavy (non-hydrogen) atoms. The van der Waals surface area contributed by atoms with Crippen LogP contribution in [-0.2, 0) is 11.3 Å². The number of nitrogens with zero attached hydrogens (tertiary/aromatic N) is 1. The highest BCUT2D eigenvalue weighted by molar-refractivity contribution is 5.87. The third-order valence-electron chi connectivity index (χ3n) is 5.07. The van der Waals surface area contributed by atoms with E-state index in [1.165, 1.54) is 10.8 Å². The molecule has 1 aliphatic heterocycles. The second kappa shape index (κ2) is 7.80. The molecule has 4 rings (SSSR count). The van der Waals surface area contributed by atoms with Gasteiger partial charge in [-0.25, -0.2) is 0 Å². The predicted molar refractivity (Wildman–Crippen MR) is 108 cm³/mol. The zero-order valence-electron chi connectivity index (χ0n) is 15.5. The van der Waals surface area contributed by atoms with Gasteiger partial charge in [0.15, 0.2) is 0 Å². The molecule has 4 heteroatoms. The smallest absolute Gasteiger partial charge is 0.234 e. The summed E-state index contributed by atoms with van der Waals surface area (Å²) in [6, 6.07) is 22.5. The predicted octanol–water partition coefficient (Wildman–Crippen LogP) is 3.91. The van der Waals surface area contributed by atoms with Crippen LogP contribution in [0.1, 0.15) is 24.1 Å². The summed E-state index contributed by atoms with van der Waals surface area (Å²) >= 11 is 0. The molecule has 138 valence electrons. The Bertz CT molecular complexity index is 949. The zero-order chi connectivity index (χ0) is 18.6. The van der Waals surface area contributed by atoms with Crippen LogP contribution in [0.3, 0.4) is 0 Å². The second-order valence-electron chi connectivity index (χ2n) is 7.02. The third kappa shape index (κ3) is 3.96. The molecule has 1 amide bonds. The topological polar surface area (TPSA) is 41.6 Å². The van der Waals surface area contributed by atoms with Gasteiger partial charge in [-0.15, -0.1) is 0 Å². The van der Waals surface area contributed by atoms with Crippen molar-refractivity contribution < 1.29 is 9.53 Å². The van der Waals surface area contributed by atoms with E-state index in [4.69, 9.17) is 4.74 Å². The number of ether oxygens (including phenoxy) is 1. The van der Waals surface area contributed by atoms with E-state index >= 15 is 0 Å². The molecule has 1 atom stereocenters. The second-order valence-corrected chi connectivity index (χ2v) is 7.02. The van der Waals surface area contributed by atoms with Gasteiger partial charge in [-0.1, -0.05) is 60.7 Å². The Kier molecular flexibility index (Phi) is 5.07. The summed E-state index contributed by atoms with van der Waals surface area (Å²) in [5.41, 5.74) is 2.27. The summed E-state index contributed by atoms with van der Waals surface area (Å²) in [6.07, 6.45) is 0. The lowest BCUT2D eigenvalue weighted by molar-refractivity contribution is -0.123. The normalized spacial score (nSPS) is 15.4. The molecule has 0 fully saturated rings. The Balaban J connectivity index is 1.43. The van der Waals surface area contributed by atoms with E-state index in [1.54, 1.807) is 0 Å². The SMILES string of the molecule is CC(NC(=O)CN1CCOc2ccccc2C1)c1cccc2ccccc12. The Morgan fingerprint density at radius 3 is 2.78 bits per heavy atom. The number of fused-ring (bicyclic) bond motifs is 2. The highest BCUT2D eigenvalue weighted by Gasteiger charge is 2.19. The van der Waals surface area contributed by atoms with Gasteiger partial charge < -0.3 is 10.1 Å². The highest BCUT2D eigenvalue weighted by Crippen LogP contribution is 2.25. The summed E-state index contributed by atoms with van der Waals surface area (Å²) in [6.45, 7) is 4.48. The Labute approximate surface area is 159 Å². The summed E-state index contributed by atoms with van der Waals surface area (Å²) in [5, 5.41) is 5.54. The van der Waals surface area contributed by atoms with Crippen LogP contribution in [0.2, 0.25) is 0 Å². The van der Waals surface area contributed by atoms with Crippen molar-refractivity contribution in [3.8, 4) is 5.75 Å². The van der Waals surface area contributed by atoms with E-state index in [2.05, 4.69) is 40.5 Å². The molecule has 1 heterocycles. The maximum absolute atomic E-state index is 12.7. The van der Waals surface area contributed by atoms with Crippen molar-refractivity contribution in [1.82, 2.24) is 10.2 Å². The quantitative estimate of drug-likeness (QED) is 0.767. The first-order chi connectivity index (χ1) is 13.2. The largest absolute Gasteiger partial charge is 0.492 e. The molecule has 3 aromatic rings. The van der Waals surface area contributed by atoms with Crippen LogP contribution in [-0.4, -0.2) is 30.5 Å². The van der Waals surface area contributed by atoms with Crippen LogP contribution in [0.5, 0.6) is 5.75 Å². The van der Waals surface area contributed by atoms with E-state index in [1.807, 2.05) is 43.3 Å². The van der Waals surface area contributed by atoms with Gasteiger partial charge in [-0.2, -0.15) is 0 Å². The third-order valence-corrected chi connectivity index (χ3v) is 5.07. The molecule has 0 saturated heterocycles. The first kappa shape index (κ1) is 17.6. The van der Waals surface area contributed by atoms with E-state index in [0.29, 0.717) is 13.2 Å². The molecule has 0 aromatic heterocycles. The molecule has 0 radical (unpaired) electrons. The van der Waals surface area contributed by atoms with Gasteiger partial charge in [-0.05, 0) is 29.3 Å². The van der Waals surface area contributed by atoms with E-state index in [-0.39, 0.29) is 11.9 Å². The van der Waals surface area contributed by atoms with E-state index in [0.717, 1.165) is 30.0 Å². The van der Waals surface area contributed by atoms with Crippen molar-refractivity contribution in [2.45, 2.75) is 19.5 Å². The number of amides is 1. The van der Waals surface area contributed by atoms with E-state index < -0.39 is 0 Å². The fourth-order valence-corrected chi connectivity index (χ4v) is 3.71. The number of benzene rings is 3. The van der Waals surface area contributed by atoms with Gasteiger partial charge in [0.25, 0.3) is 0 Å². The van der Waals surface area contributed by atoms with E-state index in [9.17, 15) is 4.79 Å². The van der Waals surface area contributed by atoms with Crippen LogP contribution in [0, 0.1) is 0 Å². The number of nitrogens with one attached hydrogen (secondary N) is 1. The van der Waals surface area contributed by atoms with Crippen LogP contribution in [0.4, 0.5) is 0 Å². The lowest BCUT2D eigenvalue weighted by atomic mass is 10.00. The van der Waals surface area contributed by atoms with Crippen molar-refractivity contribution in [1.29, 1.82) is 0 Å². The van der Waals surface area contributed by atoms with Gasteiger partial charge in [0.05, 0.1) is 12.6 Å². The zero-order valence-corrected chi connectivity index (χ0v) is 15.5. The minimum Gasteiger partial charge on any atom is -0.492 e. The first-order valence-corrected chi connectivity index (χ1v) is 9.41. The van der Waals surface area contributed by atoms with Crippen molar-refractivity contribution in [3.63, 3.8) is 0 Å². The highest BCUT2D eigenvalue weighted by atomic mass is 16.5. The Morgan fingerprint density at radius 2 is 1.85 bits per heavy atom. The number of rotatable bonds is 4. The van der Waals surface area contributed by atoms with Gasteiger partial charge in [-0.3, -0.25) is 9.69 Å². The lowest BCUT2D eigenvalue weighted by Gasteiger charge is -2.21. The van der Waals surface area contributed by atoms with Crippen LogP contribution in [0.15, 0.2) is 66.7 Å². The Morgan fingerprint density at radius 1 is 1.07 bits per heavy atom. The summed E-state index contributed by atoms with van der Waals surface area (Å²) < 4.78 is 5.79. The molecular weight excluding hydrogens is 336 g/mol. The number of hydrogen-bond acceptors (Lipinski definition) is 3. The van der Waals surface area contributed by atoms with Gasteiger partial charge in [0.2, 0.25) is 5.91 Å². The lowest BCUT2D eigenvalue weighted by Crippen LogP contribution is -2.38. The van der Waals surface area contributed by atoms with Crippen molar-refractivity contribution in [2.24, 2.45) is 0 Å². The molecule has 1 aliphatic rings. The van der Waals surface area contributed by atoms with Crippen LogP contribution >= 0.6 is 0 Å². The number of carbonyl (C=O) groups excluding carboxylic acids is 1. The first-order valence-electron chi connectivity index (χ1n) is 9.41. The summed E-state index contributed by atoms with van der Waals surface area (Å²) in [4.78, 5) is 14.8. The van der Waals surface area contributed by atoms with Gasteiger partial charge in [0, 0.05) is 18.7 Å². The standard InChI is InChI=1S/C23H24N2O2/c1-17(20-11-6-9-18-7-2-4-10-21(18)20)24-23(26)16-25-13-14-27-22-12-5-3-8-19(22)15-25/h2-12,17H,13-16H2,1H3,(H,24,26). The summed E-state index contributed by atoms with van der Waals surface area (Å²) in [7, 11) is 0. The maximum atomic E-state index is 12.7. The van der Waals surface area contributed by atoms with Gasteiger partial charge >= 0.3 is 0 Å². The molecule has 3 aromatic carbocycles. The Hall–Kier alpha value is -2.85. The fraction of sp³-hybridized carbons (Fsp3) is 0.261. The minimum absolute atomic E-state index is 0.0369. The molecule has 1 N–H and O–H groups in total. The van der Waals surface area contributed by atoms with Crippen LogP contribution in [0.25, 0.3) is 10.8 Å². The molecule has 0 saturated carbocycles. The monoisotopic (exact) mass is 360 g/mol. The van der Waals surface area contributed by atoms with Crippen molar-refractivity contribution >= 4 is 16.7 Å². The molecule has 0 bridgehead atoms.